The highest BCUT2D eigenvalue weighted by Crippen LogP contribution is 2.47. The van der Waals surface area contributed by atoms with Crippen LogP contribution in [0.25, 0.3) is 0 Å². The van der Waals surface area contributed by atoms with Crippen molar-refractivity contribution in [1.82, 2.24) is 10.5 Å². The van der Waals surface area contributed by atoms with Crippen LogP contribution in [-0.2, 0) is 12.0 Å². The molecule has 90 valence electrons. The number of hydrogen-bond donors (Lipinski definition) is 1. The van der Waals surface area contributed by atoms with Gasteiger partial charge in [0, 0.05) is 24.1 Å². The minimum atomic E-state index is 0.211. The summed E-state index contributed by atoms with van der Waals surface area (Å²) in [6.07, 6.45) is 1.17. The smallest absolute Gasteiger partial charge is 0.143 e. The highest BCUT2D eigenvalue weighted by atomic mass is 16.5. The van der Waals surface area contributed by atoms with E-state index in [1.165, 1.54) is 12.0 Å². The molecule has 3 nitrogen and oxygen atoms in total. The first-order valence-corrected chi connectivity index (χ1v) is 6.14. The highest BCUT2D eigenvalue weighted by Gasteiger charge is 2.40. The van der Waals surface area contributed by atoms with Gasteiger partial charge in [0.25, 0.3) is 0 Å². The molecule has 1 atom stereocenters. The van der Waals surface area contributed by atoms with Crippen molar-refractivity contribution in [2.45, 2.75) is 65.0 Å². The topological polar surface area (TPSA) is 38.1 Å². The molecule has 0 aliphatic heterocycles. The highest BCUT2D eigenvalue weighted by molar-refractivity contribution is 5.38. The van der Waals surface area contributed by atoms with Crippen molar-refractivity contribution in [3.8, 4) is 0 Å². The molecule has 0 spiro atoms. The van der Waals surface area contributed by atoms with E-state index in [1.54, 1.807) is 0 Å². The summed E-state index contributed by atoms with van der Waals surface area (Å²) < 4.78 is 5.50. The lowest BCUT2D eigenvalue weighted by Crippen LogP contribution is -2.24. The van der Waals surface area contributed by atoms with Crippen molar-refractivity contribution in [3.63, 3.8) is 0 Å². The van der Waals surface area contributed by atoms with Gasteiger partial charge in [0.1, 0.15) is 11.5 Å². The minimum Gasteiger partial charge on any atom is -0.360 e. The van der Waals surface area contributed by atoms with Crippen LogP contribution in [0.1, 0.15) is 64.0 Å². The summed E-state index contributed by atoms with van der Waals surface area (Å²) in [6, 6.07) is 0.481. The summed E-state index contributed by atoms with van der Waals surface area (Å²) in [7, 11) is 0. The Morgan fingerprint density at radius 3 is 2.81 bits per heavy atom. The van der Waals surface area contributed by atoms with E-state index >= 15 is 0 Å². The van der Waals surface area contributed by atoms with Gasteiger partial charge in [0.15, 0.2) is 0 Å². The Kier molecular flexibility index (Phi) is 2.82. The molecule has 1 N–H and O–H groups in total. The molecular formula is C13H22N2O. The zero-order valence-electron chi connectivity index (χ0n) is 10.9. The zero-order chi connectivity index (χ0) is 11.9. The van der Waals surface area contributed by atoms with Crippen LogP contribution in [-0.4, -0.2) is 11.2 Å². The maximum absolute atomic E-state index is 5.50. The molecule has 1 aliphatic carbocycles. The molecule has 1 unspecified atom stereocenters. The van der Waals surface area contributed by atoms with Gasteiger partial charge in [-0.05, 0) is 11.8 Å². The standard InChI is InChI=1S/C13H22N2O/c1-8(2)14-7-10-11-12(16-15-10)9(3)6-13(11,4)5/h8-9,14H,6-7H2,1-5H3. The van der Waals surface area contributed by atoms with Gasteiger partial charge in [-0.3, -0.25) is 0 Å². The van der Waals surface area contributed by atoms with Crippen molar-refractivity contribution < 1.29 is 4.52 Å². The Balaban J connectivity index is 2.26. The van der Waals surface area contributed by atoms with Gasteiger partial charge < -0.3 is 9.84 Å². The van der Waals surface area contributed by atoms with Crippen molar-refractivity contribution in [3.05, 3.63) is 17.0 Å². The van der Waals surface area contributed by atoms with Crippen LogP contribution < -0.4 is 5.32 Å². The van der Waals surface area contributed by atoms with Crippen molar-refractivity contribution >= 4 is 0 Å². The average molecular weight is 222 g/mol. The Labute approximate surface area is 97.6 Å². The summed E-state index contributed by atoms with van der Waals surface area (Å²) in [4.78, 5) is 0. The quantitative estimate of drug-likeness (QED) is 0.854. The van der Waals surface area contributed by atoms with Crippen LogP contribution in [0, 0.1) is 0 Å². The van der Waals surface area contributed by atoms with E-state index in [4.69, 9.17) is 4.52 Å². The van der Waals surface area contributed by atoms with E-state index in [1.807, 2.05) is 0 Å². The molecule has 0 bridgehead atoms. The lowest BCUT2D eigenvalue weighted by atomic mass is 9.85. The van der Waals surface area contributed by atoms with E-state index < -0.39 is 0 Å². The molecule has 0 amide bonds. The van der Waals surface area contributed by atoms with Gasteiger partial charge >= 0.3 is 0 Å². The number of fused-ring (bicyclic) bond motifs is 1. The number of nitrogens with one attached hydrogen (secondary N) is 1. The van der Waals surface area contributed by atoms with Crippen LogP contribution in [0.15, 0.2) is 4.52 Å². The molecule has 0 radical (unpaired) electrons. The molecule has 1 aromatic rings. The maximum atomic E-state index is 5.50. The van der Waals surface area contributed by atoms with Crippen LogP contribution in [0.5, 0.6) is 0 Å². The lowest BCUT2D eigenvalue weighted by Gasteiger charge is -2.19. The largest absolute Gasteiger partial charge is 0.360 e. The maximum Gasteiger partial charge on any atom is 0.143 e. The third-order valence-corrected chi connectivity index (χ3v) is 3.41. The number of rotatable bonds is 3. The molecule has 3 heteroatoms. The van der Waals surface area contributed by atoms with Gasteiger partial charge in [-0.1, -0.05) is 39.8 Å². The fourth-order valence-electron chi connectivity index (χ4n) is 2.78. The summed E-state index contributed by atoms with van der Waals surface area (Å²) >= 11 is 0. The fourth-order valence-corrected chi connectivity index (χ4v) is 2.78. The second kappa shape index (κ2) is 3.88. The van der Waals surface area contributed by atoms with Crippen molar-refractivity contribution in [2.75, 3.05) is 0 Å². The average Bonchev–Trinajstić information content (AvgIpc) is 2.65. The molecule has 2 rings (SSSR count). The zero-order valence-corrected chi connectivity index (χ0v) is 10.9. The number of hydrogen-bond acceptors (Lipinski definition) is 3. The van der Waals surface area contributed by atoms with Gasteiger partial charge in [0.05, 0.1) is 0 Å². The van der Waals surface area contributed by atoms with Crippen molar-refractivity contribution in [1.29, 1.82) is 0 Å². The first kappa shape index (κ1) is 11.6. The second-order valence-electron chi connectivity index (χ2n) is 5.89. The van der Waals surface area contributed by atoms with Crippen molar-refractivity contribution in [2.24, 2.45) is 0 Å². The van der Waals surface area contributed by atoms with Gasteiger partial charge in [-0.2, -0.15) is 0 Å². The lowest BCUT2D eigenvalue weighted by molar-refractivity contribution is 0.351. The molecular weight excluding hydrogens is 200 g/mol. The van der Waals surface area contributed by atoms with Gasteiger partial charge in [0.2, 0.25) is 0 Å². The SMILES string of the molecule is CC(C)NCc1noc2c1C(C)(C)CC2C. The molecule has 0 fully saturated rings. The van der Waals surface area contributed by atoms with Crippen LogP contribution in [0.2, 0.25) is 0 Å². The van der Waals surface area contributed by atoms with E-state index in [-0.39, 0.29) is 5.41 Å². The fraction of sp³-hybridized carbons (Fsp3) is 0.769. The molecule has 1 aliphatic rings. The molecule has 16 heavy (non-hydrogen) atoms. The number of aromatic nitrogens is 1. The monoisotopic (exact) mass is 222 g/mol. The van der Waals surface area contributed by atoms with E-state index in [0.717, 1.165) is 18.0 Å². The molecule has 0 saturated carbocycles. The second-order valence-corrected chi connectivity index (χ2v) is 5.89. The Morgan fingerprint density at radius 2 is 2.19 bits per heavy atom. The van der Waals surface area contributed by atoms with Crippen LogP contribution >= 0.6 is 0 Å². The van der Waals surface area contributed by atoms with Crippen LogP contribution in [0.4, 0.5) is 0 Å². The summed E-state index contributed by atoms with van der Waals surface area (Å²) in [5.41, 5.74) is 2.65. The third-order valence-electron chi connectivity index (χ3n) is 3.41. The number of nitrogens with zero attached hydrogens (tertiary/aromatic N) is 1. The predicted molar refractivity (Wildman–Crippen MR) is 64.5 cm³/mol. The Morgan fingerprint density at radius 1 is 1.50 bits per heavy atom. The molecule has 0 saturated heterocycles. The first-order chi connectivity index (χ1) is 7.42. The Bertz CT molecular complexity index is 379. The normalized spacial score (nSPS) is 22.8. The molecule has 1 aromatic heterocycles. The van der Waals surface area contributed by atoms with Gasteiger partial charge in [-0.15, -0.1) is 0 Å². The van der Waals surface area contributed by atoms with E-state index in [0.29, 0.717) is 12.0 Å². The van der Waals surface area contributed by atoms with Gasteiger partial charge in [-0.25, -0.2) is 0 Å². The first-order valence-electron chi connectivity index (χ1n) is 6.14. The van der Waals surface area contributed by atoms with E-state index in [9.17, 15) is 0 Å². The summed E-state index contributed by atoms with van der Waals surface area (Å²) in [6.45, 7) is 11.9. The van der Waals surface area contributed by atoms with E-state index in [2.05, 4.69) is 45.1 Å². The third kappa shape index (κ3) is 1.88. The Hall–Kier alpha value is -0.830. The minimum absolute atomic E-state index is 0.211. The molecule has 0 aromatic carbocycles. The molecule has 1 heterocycles. The predicted octanol–water partition coefficient (Wildman–Crippen LogP) is 2.96. The van der Waals surface area contributed by atoms with Crippen LogP contribution in [0.3, 0.4) is 0 Å². The summed E-state index contributed by atoms with van der Waals surface area (Å²) in [5.74, 6) is 1.61. The summed E-state index contributed by atoms with van der Waals surface area (Å²) in [5, 5.41) is 7.63.